The van der Waals surface area contributed by atoms with Gasteiger partial charge in [0.05, 0.1) is 41.0 Å². The second-order valence-corrected chi connectivity index (χ2v) is 10.9. The van der Waals surface area contributed by atoms with Crippen molar-refractivity contribution >= 4 is 28.4 Å². The molecular formula is C24H29ClN2O3. The van der Waals surface area contributed by atoms with E-state index in [1.807, 2.05) is 24.4 Å². The van der Waals surface area contributed by atoms with Crippen LogP contribution in [0.1, 0.15) is 61.8 Å². The summed E-state index contributed by atoms with van der Waals surface area (Å²) in [5.41, 5.74) is 1.11. The second kappa shape index (κ2) is 6.47. The van der Waals surface area contributed by atoms with Crippen molar-refractivity contribution in [1.29, 1.82) is 0 Å². The fourth-order valence-electron chi connectivity index (χ4n) is 7.34. The van der Waals surface area contributed by atoms with Crippen LogP contribution in [0.5, 0.6) is 0 Å². The molecule has 0 spiro atoms. The molecule has 0 unspecified atom stereocenters. The zero-order valence-corrected chi connectivity index (χ0v) is 18.1. The van der Waals surface area contributed by atoms with Gasteiger partial charge in [0.15, 0.2) is 0 Å². The quantitative estimate of drug-likeness (QED) is 0.762. The Morgan fingerprint density at radius 1 is 1.27 bits per heavy atom. The minimum absolute atomic E-state index is 0.0124. The number of hydrogen-bond acceptors (Lipinski definition) is 3. The average molecular weight is 429 g/mol. The molecule has 0 radical (unpaired) electrons. The van der Waals surface area contributed by atoms with Crippen LogP contribution in [0.3, 0.4) is 0 Å². The number of halogens is 1. The van der Waals surface area contributed by atoms with Gasteiger partial charge in [-0.05, 0) is 74.8 Å². The number of hydrogen-bond donors (Lipinski definition) is 2. The maximum Gasteiger partial charge on any atom is 0.253 e. The summed E-state index contributed by atoms with van der Waals surface area (Å²) < 4.78 is 7.51. The SMILES string of the molecule is C[C@@H](NC(=O)c1cn(C2COC2)c2cccc(Cl)c12)[C@@]12C[C@@H]3C[C@@H](C[C@@](O)(C3)C1)C2. The first-order valence-corrected chi connectivity index (χ1v) is 11.6. The minimum Gasteiger partial charge on any atom is -0.390 e. The van der Waals surface area contributed by atoms with Crippen molar-refractivity contribution in [3.8, 4) is 0 Å². The Hall–Kier alpha value is -1.56. The molecule has 1 saturated heterocycles. The Bertz CT molecular complexity index is 1010. The van der Waals surface area contributed by atoms with Crippen molar-refractivity contribution in [3.63, 3.8) is 0 Å². The fourth-order valence-corrected chi connectivity index (χ4v) is 7.62. The molecule has 5 aliphatic rings. The van der Waals surface area contributed by atoms with Crippen molar-refractivity contribution in [1.82, 2.24) is 9.88 Å². The number of nitrogens with zero attached hydrogens (tertiary/aromatic N) is 1. The monoisotopic (exact) mass is 428 g/mol. The largest absolute Gasteiger partial charge is 0.390 e. The number of fused-ring (bicyclic) bond motifs is 1. The lowest BCUT2D eigenvalue weighted by atomic mass is 9.46. The molecule has 2 aromatic rings. The van der Waals surface area contributed by atoms with E-state index in [-0.39, 0.29) is 23.4 Å². The van der Waals surface area contributed by atoms with E-state index in [9.17, 15) is 9.90 Å². The van der Waals surface area contributed by atoms with Gasteiger partial charge >= 0.3 is 0 Å². The number of aliphatic hydroxyl groups is 1. The van der Waals surface area contributed by atoms with Crippen molar-refractivity contribution in [2.45, 2.75) is 63.1 Å². The molecule has 6 heteroatoms. The molecule has 4 saturated carbocycles. The normalized spacial score (nSPS) is 36.1. The van der Waals surface area contributed by atoms with Crippen LogP contribution in [-0.4, -0.2) is 40.4 Å². The Morgan fingerprint density at radius 2 is 2.00 bits per heavy atom. The van der Waals surface area contributed by atoms with Gasteiger partial charge < -0.3 is 19.7 Å². The molecule has 30 heavy (non-hydrogen) atoms. The van der Waals surface area contributed by atoms with Gasteiger partial charge in [0.1, 0.15) is 0 Å². The number of rotatable bonds is 4. The molecule has 5 atom stereocenters. The van der Waals surface area contributed by atoms with Gasteiger partial charge in [-0.25, -0.2) is 0 Å². The van der Waals surface area contributed by atoms with Crippen LogP contribution in [0.2, 0.25) is 5.02 Å². The van der Waals surface area contributed by atoms with Gasteiger partial charge in [0.2, 0.25) is 0 Å². The maximum absolute atomic E-state index is 13.5. The molecule has 4 bridgehead atoms. The third-order valence-corrected chi connectivity index (χ3v) is 8.72. The summed E-state index contributed by atoms with van der Waals surface area (Å²) in [7, 11) is 0. The third kappa shape index (κ3) is 2.78. The predicted molar refractivity (Wildman–Crippen MR) is 116 cm³/mol. The highest BCUT2D eigenvalue weighted by Gasteiger charge is 2.59. The van der Waals surface area contributed by atoms with E-state index >= 15 is 0 Å². The van der Waals surface area contributed by atoms with Crippen LogP contribution in [0.4, 0.5) is 0 Å². The Labute approximate surface area is 181 Å². The first kappa shape index (κ1) is 19.1. The molecule has 2 heterocycles. The van der Waals surface area contributed by atoms with Gasteiger partial charge in [-0.1, -0.05) is 17.7 Å². The topological polar surface area (TPSA) is 63.5 Å². The van der Waals surface area contributed by atoms with E-state index in [0.29, 0.717) is 35.6 Å². The summed E-state index contributed by atoms with van der Waals surface area (Å²) in [6, 6.07) is 6.08. The van der Waals surface area contributed by atoms with Crippen molar-refractivity contribution in [2.75, 3.05) is 13.2 Å². The van der Waals surface area contributed by atoms with Crippen LogP contribution in [0.25, 0.3) is 10.9 Å². The number of carbonyl (C=O) groups excluding carboxylic acids is 1. The molecule has 4 aliphatic carbocycles. The average Bonchev–Trinajstić information content (AvgIpc) is 2.99. The van der Waals surface area contributed by atoms with Crippen molar-refractivity contribution in [2.24, 2.45) is 17.3 Å². The van der Waals surface area contributed by atoms with Gasteiger partial charge in [0, 0.05) is 17.6 Å². The maximum atomic E-state index is 13.5. The van der Waals surface area contributed by atoms with Crippen molar-refractivity contribution < 1.29 is 14.6 Å². The highest BCUT2D eigenvalue weighted by molar-refractivity contribution is 6.36. The van der Waals surface area contributed by atoms with Crippen LogP contribution in [-0.2, 0) is 4.74 Å². The summed E-state index contributed by atoms with van der Waals surface area (Å²) in [6.45, 7) is 3.46. The number of aromatic nitrogens is 1. The standard InChI is InChI=1S/C24H29ClN2O3/c1-14(23-6-15-5-16(7-23)9-24(29,8-15)13-23)26-22(28)18-10-27(17-11-30-12-17)20-4-2-3-19(25)21(18)20/h2-4,10,14-17,29H,5-9,11-13H2,1H3,(H,26,28)/t14-,15-,16+,23+,24-/m1/s1. The van der Waals surface area contributed by atoms with Crippen LogP contribution < -0.4 is 5.32 Å². The van der Waals surface area contributed by atoms with E-state index in [2.05, 4.69) is 16.8 Å². The Balaban J connectivity index is 1.31. The molecule has 1 amide bonds. The lowest BCUT2D eigenvalue weighted by Crippen LogP contribution is -2.61. The molecule has 7 rings (SSSR count). The highest BCUT2D eigenvalue weighted by Crippen LogP contribution is 2.62. The van der Waals surface area contributed by atoms with E-state index in [4.69, 9.17) is 16.3 Å². The fraction of sp³-hybridized carbons (Fsp3) is 0.625. The van der Waals surface area contributed by atoms with E-state index in [1.165, 1.54) is 6.42 Å². The Kier molecular flexibility index (Phi) is 4.13. The molecular weight excluding hydrogens is 400 g/mol. The second-order valence-electron chi connectivity index (χ2n) is 10.5. The molecule has 160 valence electrons. The summed E-state index contributed by atoms with van der Waals surface area (Å²) >= 11 is 6.54. The lowest BCUT2D eigenvalue weighted by molar-refractivity contribution is -0.171. The number of nitrogens with one attached hydrogen (secondary N) is 1. The zero-order chi connectivity index (χ0) is 20.7. The Morgan fingerprint density at radius 3 is 2.63 bits per heavy atom. The molecule has 5 nitrogen and oxygen atoms in total. The first-order valence-electron chi connectivity index (χ1n) is 11.3. The predicted octanol–water partition coefficient (Wildman–Crippen LogP) is 4.32. The lowest BCUT2D eigenvalue weighted by Gasteiger charge is -2.62. The van der Waals surface area contributed by atoms with Gasteiger partial charge in [0.25, 0.3) is 5.91 Å². The smallest absolute Gasteiger partial charge is 0.253 e. The van der Waals surface area contributed by atoms with Gasteiger partial charge in [-0.15, -0.1) is 0 Å². The molecule has 1 aromatic carbocycles. The van der Waals surface area contributed by atoms with E-state index in [0.717, 1.165) is 43.0 Å². The van der Waals surface area contributed by atoms with Crippen LogP contribution >= 0.6 is 11.6 Å². The van der Waals surface area contributed by atoms with Gasteiger partial charge in [-0.3, -0.25) is 4.79 Å². The zero-order valence-electron chi connectivity index (χ0n) is 17.4. The summed E-state index contributed by atoms with van der Waals surface area (Å²) in [5, 5.41) is 15.8. The number of carbonyl (C=O) groups is 1. The van der Waals surface area contributed by atoms with Crippen LogP contribution in [0, 0.1) is 17.3 Å². The first-order chi connectivity index (χ1) is 14.4. The van der Waals surface area contributed by atoms with Gasteiger partial charge in [-0.2, -0.15) is 0 Å². The van der Waals surface area contributed by atoms with Crippen molar-refractivity contribution in [3.05, 3.63) is 35.0 Å². The molecule has 5 fully saturated rings. The molecule has 2 N–H and O–H groups in total. The minimum atomic E-state index is -0.521. The van der Waals surface area contributed by atoms with Crippen LogP contribution in [0.15, 0.2) is 24.4 Å². The number of ether oxygens (including phenoxy) is 1. The van der Waals surface area contributed by atoms with E-state index in [1.54, 1.807) is 0 Å². The third-order valence-electron chi connectivity index (χ3n) is 8.41. The highest BCUT2D eigenvalue weighted by atomic mass is 35.5. The number of amides is 1. The number of benzene rings is 1. The van der Waals surface area contributed by atoms with E-state index < -0.39 is 5.60 Å². The molecule has 1 aromatic heterocycles. The summed E-state index contributed by atoms with van der Waals surface area (Å²) in [6.07, 6.45) is 8.13. The summed E-state index contributed by atoms with van der Waals surface area (Å²) in [5.74, 6) is 1.14. The summed E-state index contributed by atoms with van der Waals surface area (Å²) in [4.78, 5) is 13.5. The molecule has 1 aliphatic heterocycles.